The van der Waals surface area contributed by atoms with Crippen LogP contribution in [0.15, 0.2) is 54.7 Å². The number of aryl methyl sites for hydroxylation is 1. The van der Waals surface area contributed by atoms with Gasteiger partial charge in [0.25, 0.3) is 5.91 Å². The fraction of sp³-hybridized carbons (Fsp3) is 0.111. The number of nitrogens with zero attached hydrogens (tertiary/aromatic N) is 1. The van der Waals surface area contributed by atoms with Crippen LogP contribution in [0.2, 0.25) is 0 Å². The van der Waals surface area contributed by atoms with Gasteiger partial charge in [-0.2, -0.15) is 0 Å². The zero-order chi connectivity index (χ0) is 16.4. The van der Waals surface area contributed by atoms with E-state index in [-0.39, 0.29) is 18.1 Å². The first kappa shape index (κ1) is 14.8. The predicted molar refractivity (Wildman–Crippen MR) is 86.2 cm³/mol. The molecule has 1 heterocycles. The molecule has 0 aliphatic rings. The zero-order valence-electron chi connectivity index (χ0n) is 12.5. The molecule has 0 spiro atoms. The molecule has 0 saturated carbocycles. The smallest absolute Gasteiger partial charge is 0.337 e. The fourth-order valence-electron chi connectivity index (χ4n) is 2.41. The monoisotopic (exact) mass is 309 g/mol. The Morgan fingerprint density at radius 1 is 1.09 bits per heavy atom. The minimum Gasteiger partial charge on any atom is -0.484 e. The van der Waals surface area contributed by atoms with Crippen molar-refractivity contribution in [3.05, 3.63) is 65.9 Å². The summed E-state index contributed by atoms with van der Waals surface area (Å²) in [6.07, 6.45) is 1.34. The van der Waals surface area contributed by atoms with Crippen LogP contribution in [0.1, 0.15) is 20.7 Å². The minimum atomic E-state index is -1.06. The van der Waals surface area contributed by atoms with Gasteiger partial charge in [0.05, 0.1) is 11.1 Å². The zero-order valence-corrected chi connectivity index (χ0v) is 12.5. The van der Waals surface area contributed by atoms with E-state index in [0.29, 0.717) is 16.7 Å². The van der Waals surface area contributed by atoms with Crippen LogP contribution in [0.25, 0.3) is 10.9 Å². The highest BCUT2D eigenvalue weighted by atomic mass is 16.5. The number of aromatic carboxylic acids is 1. The van der Waals surface area contributed by atoms with Crippen molar-refractivity contribution in [3.63, 3.8) is 0 Å². The summed E-state index contributed by atoms with van der Waals surface area (Å²) < 4.78 is 6.80. The van der Waals surface area contributed by atoms with Gasteiger partial charge in [-0.25, -0.2) is 4.79 Å². The van der Waals surface area contributed by atoms with Crippen molar-refractivity contribution in [1.29, 1.82) is 0 Å². The van der Waals surface area contributed by atoms with Crippen LogP contribution >= 0.6 is 0 Å². The molecular formula is C18H15NO4. The number of carbonyl (C=O) groups is 2. The molecule has 2 aromatic carbocycles. The Labute approximate surface area is 132 Å². The van der Waals surface area contributed by atoms with Gasteiger partial charge in [-0.15, -0.1) is 0 Å². The van der Waals surface area contributed by atoms with Gasteiger partial charge in [-0.05, 0) is 25.1 Å². The van der Waals surface area contributed by atoms with E-state index in [1.807, 2.05) is 19.1 Å². The maximum Gasteiger partial charge on any atom is 0.337 e. The summed E-state index contributed by atoms with van der Waals surface area (Å²) in [5.41, 5.74) is 1.76. The summed E-state index contributed by atoms with van der Waals surface area (Å²) in [7, 11) is 0. The first-order chi connectivity index (χ1) is 11.1. The van der Waals surface area contributed by atoms with Gasteiger partial charge < -0.3 is 9.84 Å². The fourth-order valence-corrected chi connectivity index (χ4v) is 2.41. The first-order valence-corrected chi connectivity index (χ1v) is 7.12. The Morgan fingerprint density at radius 3 is 2.48 bits per heavy atom. The van der Waals surface area contributed by atoms with Gasteiger partial charge in [-0.1, -0.05) is 35.9 Å². The van der Waals surface area contributed by atoms with Crippen LogP contribution in [0.5, 0.6) is 5.75 Å². The highest BCUT2D eigenvalue weighted by Gasteiger charge is 2.17. The van der Waals surface area contributed by atoms with Crippen molar-refractivity contribution >= 4 is 22.8 Å². The van der Waals surface area contributed by atoms with Crippen LogP contribution in [-0.2, 0) is 0 Å². The van der Waals surface area contributed by atoms with Crippen LogP contribution < -0.4 is 4.74 Å². The lowest BCUT2D eigenvalue weighted by Crippen LogP contribution is -2.18. The topological polar surface area (TPSA) is 68.5 Å². The van der Waals surface area contributed by atoms with Crippen molar-refractivity contribution in [1.82, 2.24) is 4.57 Å². The molecule has 3 rings (SSSR count). The molecule has 3 aromatic rings. The van der Waals surface area contributed by atoms with E-state index in [1.54, 1.807) is 36.4 Å². The quantitative estimate of drug-likeness (QED) is 0.802. The lowest BCUT2D eigenvalue weighted by atomic mass is 10.2. The number of fused-ring (bicyclic) bond motifs is 1. The van der Waals surface area contributed by atoms with Crippen molar-refractivity contribution in [2.45, 2.75) is 6.92 Å². The lowest BCUT2D eigenvalue weighted by Gasteiger charge is -2.07. The number of hydrogen-bond acceptors (Lipinski definition) is 3. The molecule has 0 bridgehead atoms. The Kier molecular flexibility index (Phi) is 3.85. The van der Waals surface area contributed by atoms with Crippen LogP contribution in [0.4, 0.5) is 0 Å². The molecule has 23 heavy (non-hydrogen) atoms. The molecule has 0 amide bonds. The number of carboxylic acid groups (broad SMARTS) is 1. The van der Waals surface area contributed by atoms with Crippen LogP contribution in [0, 0.1) is 6.92 Å². The minimum absolute atomic E-state index is 0.101. The number of hydrogen-bond donors (Lipinski definition) is 1. The SMILES string of the molecule is Cc1ccc(OCC(=O)n2cc(C(=O)O)c3ccccc32)cc1. The Bertz CT molecular complexity index is 878. The second-order valence-corrected chi connectivity index (χ2v) is 5.23. The van der Waals surface area contributed by atoms with Gasteiger partial charge in [0, 0.05) is 11.6 Å². The summed E-state index contributed by atoms with van der Waals surface area (Å²) in [6.45, 7) is 1.80. The van der Waals surface area contributed by atoms with Crippen LogP contribution in [0.3, 0.4) is 0 Å². The van der Waals surface area contributed by atoms with Crippen LogP contribution in [-0.4, -0.2) is 28.2 Å². The van der Waals surface area contributed by atoms with Gasteiger partial charge in [0.1, 0.15) is 5.75 Å². The maximum absolute atomic E-state index is 12.4. The molecule has 0 fully saturated rings. The number of carbonyl (C=O) groups excluding carboxylic acids is 1. The average Bonchev–Trinajstić information content (AvgIpc) is 2.94. The van der Waals surface area contributed by atoms with E-state index in [1.165, 1.54) is 10.8 Å². The molecule has 116 valence electrons. The number of para-hydroxylation sites is 1. The molecule has 0 atom stereocenters. The van der Waals surface area contributed by atoms with Gasteiger partial charge in [0.15, 0.2) is 6.61 Å². The molecule has 1 aromatic heterocycles. The Balaban J connectivity index is 1.86. The normalized spacial score (nSPS) is 10.7. The predicted octanol–water partition coefficient (Wildman–Crippen LogP) is 3.37. The third kappa shape index (κ3) is 2.94. The Hall–Kier alpha value is -3.08. The molecule has 1 N–H and O–H groups in total. The molecule has 5 heteroatoms. The van der Waals surface area contributed by atoms with E-state index >= 15 is 0 Å². The summed E-state index contributed by atoms with van der Waals surface area (Å²) in [5.74, 6) is -0.791. The van der Waals surface area contributed by atoms with Gasteiger partial charge >= 0.3 is 5.97 Å². The van der Waals surface area contributed by atoms with Gasteiger partial charge in [-0.3, -0.25) is 9.36 Å². The largest absolute Gasteiger partial charge is 0.484 e. The summed E-state index contributed by atoms with van der Waals surface area (Å²) >= 11 is 0. The molecule has 0 radical (unpaired) electrons. The summed E-state index contributed by atoms with van der Waals surface area (Å²) in [6, 6.07) is 14.3. The van der Waals surface area contributed by atoms with Crippen molar-refractivity contribution in [3.8, 4) is 5.75 Å². The molecule has 0 unspecified atom stereocenters. The highest BCUT2D eigenvalue weighted by molar-refractivity contribution is 6.06. The van der Waals surface area contributed by atoms with E-state index < -0.39 is 5.97 Å². The molecular weight excluding hydrogens is 294 g/mol. The van der Waals surface area contributed by atoms with Crippen molar-refractivity contribution in [2.24, 2.45) is 0 Å². The lowest BCUT2D eigenvalue weighted by molar-refractivity contribution is 0.0699. The number of carboxylic acids is 1. The molecule has 0 saturated heterocycles. The first-order valence-electron chi connectivity index (χ1n) is 7.12. The number of aromatic nitrogens is 1. The second-order valence-electron chi connectivity index (χ2n) is 5.23. The standard InChI is InChI=1S/C18H15NO4/c1-12-6-8-13(9-7-12)23-11-17(20)19-10-15(18(21)22)14-4-2-3-5-16(14)19/h2-10H,11H2,1H3,(H,21,22). The molecule has 5 nitrogen and oxygen atoms in total. The Morgan fingerprint density at radius 2 is 1.78 bits per heavy atom. The second kappa shape index (κ2) is 5.96. The van der Waals surface area contributed by atoms with Crippen molar-refractivity contribution in [2.75, 3.05) is 6.61 Å². The summed E-state index contributed by atoms with van der Waals surface area (Å²) in [4.78, 5) is 23.7. The maximum atomic E-state index is 12.4. The average molecular weight is 309 g/mol. The highest BCUT2D eigenvalue weighted by Crippen LogP contribution is 2.21. The third-order valence-electron chi connectivity index (χ3n) is 3.59. The van der Waals surface area contributed by atoms with E-state index in [4.69, 9.17) is 4.74 Å². The summed E-state index contributed by atoms with van der Waals surface area (Å²) in [5, 5.41) is 9.79. The van der Waals surface area contributed by atoms with E-state index in [2.05, 4.69) is 0 Å². The number of rotatable bonds is 4. The van der Waals surface area contributed by atoms with E-state index in [9.17, 15) is 14.7 Å². The molecule has 0 aliphatic carbocycles. The van der Waals surface area contributed by atoms with E-state index in [0.717, 1.165) is 5.56 Å². The molecule has 0 aliphatic heterocycles. The third-order valence-corrected chi connectivity index (χ3v) is 3.59. The number of ether oxygens (including phenoxy) is 1. The van der Waals surface area contributed by atoms with Gasteiger partial charge in [0.2, 0.25) is 0 Å². The van der Waals surface area contributed by atoms with Crippen molar-refractivity contribution < 1.29 is 19.4 Å². The number of benzene rings is 2.